The lowest BCUT2D eigenvalue weighted by molar-refractivity contribution is -0.167. The minimum absolute atomic E-state index is 0.0868. The molecule has 0 aromatic carbocycles. The van der Waals surface area contributed by atoms with Gasteiger partial charge in [0.25, 0.3) is 0 Å². The maximum absolute atomic E-state index is 12.8. The van der Waals surface area contributed by atoms with Gasteiger partial charge in [-0.25, -0.2) is 0 Å². The fraction of sp³-hybridized carbons (Fsp3) is 0.754. The van der Waals surface area contributed by atoms with E-state index in [0.29, 0.717) is 19.3 Å². The number of unbranched alkanes of at least 4 members (excludes halogenated alkanes) is 28. The zero-order valence-electron chi connectivity index (χ0n) is 44.2. The van der Waals surface area contributed by atoms with Gasteiger partial charge >= 0.3 is 17.9 Å². The van der Waals surface area contributed by atoms with Crippen LogP contribution in [-0.4, -0.2) is 37.2 Å². The Kier molecular flexibility index (Phi) is 52.8. The van der Waals surface area contributed by atoms with Crippen LogP contribution in [0.25, 0.3) is 0 Å². The highest BCUT2D eigenvalue weighted by Gasteiger charge is 2.19. The molecule has 0 aliphatic rings. The minimum Gasteiger partial charge on any atom is -0.462 e. The lowest BCUT2D eigenvalue weighted by atomic mass is 10.0. The maximum Gasteiger partial charge on any atom is 0.306 e. The first-order valence-corrected chi connectivity index (χ1v) is 28.4. The number of hydrogen-bond donors (Lipinski definition) is 0. The summed E-state index contributed by atoms with van der Waals surface area (Å²) in [5.41, 5.74) is 0. The molecule has 0 radical (unpaired) electrons. The Bertz CT molecular complexity index is 1260. The van der Waals surface area contributed by atoms with Crippen LogP contribution in [-0.2, 0) is 28.6 Å². The van der Waals surface area contributed by atoms with Crippen molar-refractivity contribution in [2.45, 2.75) is 284 Å². The maximum atomic E-state index is 12.8. The number of allylic oxidation sites excluding steroid dienone is 12. The van der Waals surface area contributed by atoms with Crippen LogP contribution in [0.15, 0.2) is 72.9 Å². The molecule has 0 fully saturated rings. The van der Waals surface area contributed by atoms with E-state index < -0.39 is 6.10 Å². The highest BCUT2D eigenvalue weighted by molar-refractivity contribution is 5.71. The topological polar surface area (TPSA) is 78.9 Å². The van der Waals surface area contributed by atoms with Gasteiger partial charge < -0.3 is 14.2 Å². The third-order valence-electron chi connectivity index (χ3n) is 12.2. The summed E-state index contributed by atoms with van der Waals surface area (Å²) in [6.45, 7) is 6.41. The zero-order valence-corrected chi connectivity index (χ0v) is 44.2. The van der Waals surface area contributed by atoms with Gasteiger partial charge in [0, 0.05) is 19.3 Å². The average Bonchev–Trinajstić information content (AvgIpc) is 3.33. The molecular formula is C61H106O6. The van der Waals surface area contributed by atoms with Crippen molar-refractivity contribution in [2.24, 2.45) is 0 Å². The zero-order chi connectivity index (χ0) is 48.6. The Hall–Kier alpha value is -3.15. The molecule has 0 N–H and O–H groups in total. The van der Waals surface area contributed by atoms with Crippen LogP contribution in [0.2, 0.25) is 0 Å². The summed E-state index contributed by atoms with van der Waals surface area (Å²) in [5.74, 6) is -0.918. The fourth-order valence-corrected chi connectivity index (χ4v) is 8.00. The molecule has 6 nitrogen and oxygen atoms in total. The van der Waals surface area contributed by atoms with E-state index in [2.05, 4.69) is 93.7 Å². The van der Waals surface area contributed by atoms with Crippen molar-refractivity contribution in [3.8, 4) is 0 Å². The van der Waals surface area contributed by atoms with Gasteiger partial charge in [0.1, 0.15) is 13.2 Å². The van der Waals surface area contributed by atoms with Crippen LogP contribution < -0.4 is 0 Å². The van der Waals surface area contributed by atoms with Gasteiger partial charge in [0.2, 0.25) is 0 Å². The van der Waals surface area contributed by atoms with Crippen molar-refractivity contribution < 1.29 is 28.6 Å². The van der Waals surface area contributed by atoms with Crippen LogP contribution in [0.4, 0.5) is 0 Å². The van der Waals surface area contributed by atoms with Crippen LogP contribution in [0.3, 0.4) is 0 Å². The minimum atomic E-state index is -0.791. The first-order chi connectivity index (χ1) is 33.0. The summed E-state index contributed by atoms with van der Waals surface area (Å²) in [4.78, 5) is 38.1. The molecule has 0 spiro atoms. The summed E-state index contributed by atoms with van der Waals surface area (Å²) >= 11 is 0. The second kappa shape index (κ2) is 55.4. The Balaban J connectivity index is 4.37. The number of carbonyl (C=O) groups is 3. The van der Waals surface area contributed by atoms with Crippen molar-refractivity contribution in [1.82, 2.24) is 0 Å². The van der Waals surface area contributed by atoms with Gasteiger partial charge in [-0.15, -0.1) is 0 Å². The van der Waals surface area contributed by atoms with Gasteiger partial charge in [-0.1, -0.05) is 248 Å². The first kappa shape index (κ1) is 63.8. The van der Waals surface area contributed by atoms with Gasteiger partial charge in [-0.3, -0.25) is 14.4 Å². The average molecular weight is 936 g/mol. The monoisotopic (exact) mass is 935 g/mol. The van der Waals surface area contributed by atoms with Gasteiger partial charge in [0.15, 0.2) is 6.10 Å². The first-order valence-electron chi connectivity index (χ1n) is 28.4. The molecule has 0 aliphatic carbocycles. The molecule has 0 heterocycles. The molecule has 0 bridgehead atoms. The van der Waals surface area contributed by atoms with Crippen LogP contribution in [0.1, 0.15) is 278 Å². The molecule has 0 aromatic heterocycles. The number of esters is 3. The van der Waals surface area contributed by atoms with E-state index in [0.717, 1.165) is 109 Å². The molecular weight excluding hydrogens is 829 g/mol. The Labute approximate surface area is 414 Å². The SMILES string of the molecule is CC/C=C\C/C=C\C/C=C\CCCCCCCCCC(=O)OC(COC(=O)CCCCC/C=C\C/C=C\C/C=C\CC)COC(=O)CCCCCCCCCCCCCCCCCCCCC. The number of hydrogen-bond acceptors (Lipinski definition) is 6. The van der Waals surface area contributed by atoms with Crippen LogP contribution in [0, 0.1) is 0 Å². The van der Waals surface area contributed by atoms with Crippen molar-refractivity contribution in [3.05, 3.63) is 72.9 Å². The Morgan fingerprint density at radius 1 is 0.313 bits per heavy atom. The van der Waals surface area contributed by atoms with E-state index in [9.17, 15) is 14.4 Å². The van der Waals surface area contributed by atoms with Gasteiger partial charge in [-0.2, -0.15) is 0 Å². The molecule has 0 aliphatic heterocycles. The molecule has 1 unspecified atom stereocenters. The third-order valence-corrected chi connectivity index (χ3v) is 12.2. The number of rotatable bonds is 51. The normalized spacial score (nSPS) is 12.6. The predicted molar refractivity (Wildman–Crippen MR) is 288 cm³/mol. The summed E-state index contributed by atoms with van der Waals surface area (Å²) in [6, 6.07) is 0. The second-order valence-electron chi connectivity index (χ2n) is 18.8. The fourth-order valence-electron chi connectivity index (χ4n) is 8.00. The molecule has 0 saturated heterocycles. The van der Waals surface area contributed by atoms with Crippen molar-refractivity contribution in [2.75, 3.05) is 13.2 Å². The largest absolute Gasteiger partial charge is 0.462 e. The van der Waals surface area contributed by atoms with Crippen LogP contribution >= 0.6 is 0 Å². The standard InChI is InChI=1S/C61H106O6/c1-4-7-10-13-16-19-22-25-27-29-30-32-33-36-39-42-45-48-51-54-60(63)66-57-58(56-65-59(62)53-50-47-44-41-38-35-24-21-18-15-12-9-6-3)67-61(64)55-52-49-46-43-40-37-34-31-28-26-23-20-17-14-11-8-5-2/h8-9,11-12,17-18,20-21,26,28,35,38,58H,4-7,10,13-16,19,22-25,27,29-34,36-37,39-57H2,1-3H3/b11-8-,12-9-,20-17-,21-18-,28-26-,38-35-. The Morgan fingerprint density at radius 2 is 0.582 bits per heavy atom. The molecule has 67 heavy (non-hydrogen) atoms. The molecule has 0 amide bonds. The summed E-state index contributed by atoms with van der Waals surface area (Å²) < 4.78 is 16.8. The van der Waals surface area contributed by atoms with E-state index in [1.165, 1.54) is 128 Å². The summed E-state index contributed by atoms with van der Waals surface area (Å²) in [7, 11) is 0. The molecule has 0 rings (SSSR count). The second-order valence-corrected chi connectivity index (χ2v) is 18.8. The molecule has 386 valence electrons. The van der Waals surface area contributed by atoms with Gasteiger partial charge in [0.05, 0.1) is 0 Å². The van der Waals surface area contributed by atoms with E-state index in [1.54, 1.807) is 0 Å². The molecule has 0 saturated carbocycles. The van der Waals surface area contributed by atoms with Crippen LogP contribution in [0.5, 0.6) is 0 Å². The Morgan fingerprint density at radius 3 is 0.925 bits per heavy atom. The van der Waals surface area contributed by atoms with E-state index >= 15 is 0 Å². The smallest absolute Gasteiger partial charge is 0.306 e. The number of ether oxygens (including phenoxy) is 3. The molecule has 6 heteroatoms. The van der Waals surface area contributed by atoms with E-state index in [4.69, 9.17) is 14.2 Å². The highest BCUT2D eigenvalue weighted by atomic mass is 16.6. The summed E-state index contributed by atoms with van der Waals surface area (Å²) in [5, 5.41) is 0. The lowest BCUT2D eigenvalue weighted by Gasteiger charge is -2.18. The molecule has 0 aromatic rings. The predicted octanol–water partition coefficient (Wildman–Crippen LogP) is 19.0. The third kappa shape index (κ3) is 53.7. The lowest BCUT2D eigenvalue weighted by Crippen LogP contribution is -2.30. The van der Waals surface area contributed by atoms with E-state index in [1.807, 2.05) is 0 Å². The summed E-state index contributed by atoms with van der Waals surface area (Å²) in [6.07, 6.45) is 70.4. The molecule has 1 atom stereocenters. The van der Waals surface area contributed by atoms with Crippen molar-refractivity contribution in [1.29, 1.82) is 0 Å². The highest BCUT2D eigenvalue weighted by Crippen LogP contribution is 2.16. The van der Waals surface area contributed by atoms with Crippen molar-refractivity contribution >= 4 is 17.9 Å². The van der Waals surface area contributed by atoms with Gasteiger partial charge in [-0.05, 0) is 83.5 Å². The van der Waals surface area contributed by atoms with E-state index in [-0.39, 0.29) is 31.1 Å². The number of carbonyl (C=O) groups excluding carboxylic acids is 3. The quantitative estimate of drug-likeness (QED) is 0.0262. The van der Waals surface area contributed by atoms with Crippen molar-refractivity contribution in [3.63, 3.8) is 0 Å².